The summed E-state index contributed by atoms with van der Waals surface area (Å²) < 4.78 is 0. The molecule has 0 atom stereocenters. The average molecular weight is 729 g/mol. The number of rotatable bonds is 18. The molecule has 0 saturated heterocycles. The lowest BCUT2D eigenvalue weighted by molar-refractivity contribution is 0.268. The molecule has 6 aromatic rings. The molecular weight excluding hydrogens is 681 g/mol. The first-order chi connectivity index (χ1) is 27.1. The summed E-state index contributed by atoms with van der Waals surface area (Å²) in [6.07, 6.45) is 2.49. The molecule has 0 bridgehead atoms. The Hall–Kier alpha value is -6.31. The Morgan fingerprint density at radius 1 is 0.345 bits per heavy atom. The molecule has 0 saturated carbocycles. The number of benzene rings is 6. The van der Waals surface area contributed by atoms with Crippen molar-refractivity contribution in [3.05, 3.63) is 197 Å². The minimum Gasteiger partial charge on any atom is -0.507 e. The number of para-hydroxylation sites is 3. The largest absolute Gasteiger partial charge is 0.507 e. The molecule has 7 heteroatoms. The van der Waals surface area contributed by atoms with Gasteiger partial charge >= 0.3 is 0 Å². The Labute approximate surface area is 324 Å². The Morgan fingerprint density at radius 3 is 0.873 bits per heavy atom. The first-order valence-electron chi connectivity index (χ1n) is 19.0. The lowest BCUT2D eigenvalue weighted by atomic mass is 10.0. The predicted octanol–water partition coefficient (Wildman–Crippen LogP) is 9.19. The van der Waals surface area contributed by atoms with Crippen LogP contribution in [0.1, 0.15) is 52.6 Å². The Bertz CT molecular complexity index is 1930. The molecule has 0 aromatic heterocycles. The van der Waals surface area contributed by atoms with Crippen molar-refractivity contribution in [2.45, 2.75) is 19.3 Å². The number of aromatic hydroxyl groups is 3. The highest BCUT2D eigenvalue weighted by Gasteiger charge is 2.14. The molecule has 0 amide bonds. The standard InChI is InChI=1S/C48H48N4O3/c53-43-28-13-10-25-40(43)46(37-19-4-1-5-20-37)49-31-16-34-52(35-17-32-50-47(38-21-6-2-7-22-38)41-26-11-14-29-44(41)54)36-18-33-51-48(39-23-8-3-9-24-39)42-27-12-15-30-45(42)55/h1-15,19-30,53-55H,16-18,31-36H2. The second-order valence-electron chi connectivity index (χ2n) is 13.2. The van der Waals surface area contributed by atoms with E-state index in [4.69, 9.17) is 15.0 Å². The van der Waals surface area contributed by atoms with Crippen molar-refractivity contribution in [1.29, 1.82) is 0 Å². The summed E-state index contributed by atoms with van der Waals surface area (Å²) in [5, 5.41) is 32.1. The van der Waals surface area contributed by atoms with Crippen molar-refractivity contribution in [1.82, 2.24) is 4.90 Å². The zero-order valence-corrected chi connectivity index (χ0v) is 31.1. The van der Waals surface area contributed by atoms with Gasteiger partial charge in [0.25, 0.3) is 0 Å². The maximum atomic E-state index is 10.7. The van der Waals surface area contributed by atoms with Crippen molar-refractivity contribution in [3.63, 3.8) is 0 Å². The summed E-state index contributed by atoms with van der Waals surface area (Å²) in [5.74, 6) is 0.640. The summed E-state index contributed by atoms with van der Waals surface area (Å²) in [7, 11) is 0. The molecule has 7 nitrogen and oxygen atoms in total. The van der Waals surface area contributed by atoms with E-state index in [0.29, 0.717) is 19.6 Å². The lowest BCUT2D eigenvalue weighted by Crippen LogP contribution is -2.29. The van der Waals surface area contributed by atoms with Crippen molar-refractivity contribution in [2.24, 2.45) is 15.0 Å². The molecule has 0 aliphatic heterocycles. The summed E-state index contributed by atoms with van der Waals surface area (Å²) >= 11 is 0. The predicted molar refractivity (Wildman–Crippen MR) is 225 cm³/mol. The molecule has 0 radical (unpaired) electrons. The highest BCUT2D eigenvalue weighted by atomic mass is 16.3. The van der Waals surface area contributed by atoms with E-state index in [9.17, 15) is 15.3 Å². The van der Waals surface area contributed by atoms with Gasteiger partial charge in [-0.2, -0.15) is 0 Å². The van der Waals surface area contributed by atoms with Crippen LogP contribution in [0.2, 0.25) is 0 Å². The van der Waals surface area contributed by atoms with Gasteiger partial charge in [0.05, 0.1) is 17.1 Å². The fourth-order valence-corrected chi connectivity index (χ4v) is 6.60. The summed E-state index contributed by atoms with van der Waals surface area (Å²) in [4.78, 5) is 17.5. The quantitative estimate of drug-likeness (QED) is 0.0607. The zero-order chi connectivity index (χ0) is 38.1. The molecule has 3 N–H and O–H groups in total. The third-order valence-electron chi connectivity index (χ3n) is 9.33. The molecule has 278 valence electrons. The summed E-state index contributed by atoms with van der Waals surface area (Å²) in [6.45, 7) is 4.29. The Kier molecular flexibility index (Phi) is 14.1. The molecule has 0 spiro atoms. The van der Waals surface area contributed by atoms with Gasteiger partial charge in [0.2, 0.25) is 0 Å². The van der Waals surface area contributed by atoms with Crippen LogP contribution in [0.4, 0.5) is 0 Å². The number of phenols is 3. The molecule has 55 heavy (non-hydrogen) atoms. The number of phenolic OH excluding ortho intramolecular Hbond substituents is 3. The highest BCUT2D eigenvalue weighted by Crippen LogP contribution is 2.23. The first-order valence-corrected chi connectivity index (χ1v) is 19.0. The Morgan fingerprint density at radius 2 is 0.600 bits per heavy atom. The lowest BCUT2D eigenvalue weighted by Gasteiger charge is -2.22. The summed E-state index contributed by atoms with van der Waals surface area (Å²) in [6, 6.07) is 52.1. The molecule has 0 aliphatic rings. The molecule has 0 fully saturated rings. The Balaban J connectivity index is 1.17. The van der Waals surface area contributed by atoms with Gasteiger partial charge in [0, 0.05) is 53.0 Å². The fraction of sp³-hybridized carbons (Fsp3) is 0.188. The van der Waals surface area contributed by atoms with E-state index in [2.05, 4.69) is 4.90 Å². The fourth-order valence-electron chi connectivity index (χ4n) is 6.60. The highest BCUT2D eigenvalue weighted by molar-refractivity contribution is 6.15. The topological polar surface area (TPSA) is 101 Å². The van der Waals surface area contributed by atoms with Crippen molar-refractivity contribution < 1.29 is 15.3 Å². The minimum absolute atomic E-state index is 0.213. The maximum Gasteiger partial charge on any atom is 0.124 e. The van der Waals surface area contributed by atoms with E-state index in [1.54, 1.807) is 18.2 Å². The molecule has 6 aromatic carbocycles. The third kappa shape index (κ3) is 10.9. The molecule has 0 heterocycles. The van der Waals surface area contributed by atoms with Gasteiger partial charge in [-0.25, -0.2) is 0 Å². The van der Waals surface area contributed by atoms with Gasteiger partial charge in [-0.1, -0.05) is 127 Å². The van der Waals surface area contributed by atoms with Gasteiger partial charge in [-0.05, 0) is 75.3 Å². The van der Waals surface area contributed by atoms with Crippen molar-refractivity contribution in [2.75, 3.05) is 39.3 Å². The minimum atomic E-state index is 0.213. The van der Waals surface area contributed by atoms with Crippen LogP contribution in [0, 0.1) is 0 Å². The smallest absolute Gasteiger partial charge is 0.124 e. The zero-order valence-electron chi connectivity index (χ0n) is 31.1. The van der Waals surface area contributed by atoms with Gasteiger partial charge in [0.1, 0.15) is 17.2 Å². The average Bonchev–Trinajstić information content (AvgIpc) is 3.23. The van der Waals surface area contributed by atoms with Gasteiger partial charge in [-0.3, -0.25) is 15.0 Å². The molecule has 0 unspecified atom stereocenters. The normalized spacial score (nSPS) is 12.3. The van der Waals surface area contributed by atoms with Gasteiger partial charge in [-0.15, -0.1) is 0 Å². The second kappa shape index (κ2) is 20.2. The maximum absolute atomic E-state index is 10.7. The third-order valence-corrected chi connectivity index (χ3v) is 9.33. The SMILES string of the molecule is Oc1ccccc1C(=NCCCN(CCCN=C(c1ccccc1)c1ccccc1O)CCCN=C(c1ccccc1)c1ccccc1O)c1ccccc1. The van der Waals surface area contributed by atoms with Crippen molar-refractivity contribution >= 4 is 17.1 Å². The van der Waals surface area contributed by atoms with Crippen LogP contribution in [0.5, 0.6) is 17.2 Å². The van der Waals surface area contributed by atoms with E-state index in [1.807, 2.05) is 146 Å². The molecule has 0 aliphatic carbocycles. The first kappa shape index (κ1) is 38.4. The molecular formula is C48H48N4O3. The van der Waals surface area contributed by atoms with Gasteiger partial charge < -0.3 is 20.2 Å². The van der Waals surface area contributed by atoms with E-state index >= 15 is 0 Å². The van der Waals surface area contributed by atoms with E-state index < -0.39 is 0 Å². The molecule has 6 rings (SSSR count). The van der Waals surface area contributed by atoms with Gasteiger partial charge in [0.15, 0.2) is 0 Å². The van der Waals surface area contributed by atoms with E-state index in [0.717, 1.165) is 89.4 Å². The summed E-state index contributed by atoms with van der Waals surface area (Å²) in [5.41, 5.74) is 7.41. The van der Waals surface area contributed by atoms with Crippen LogP contribution in [-0.2, 0) is 0 Å². The number of nitrogens with zero attached hydrogens (tertiary/aromatic N) is 4. The number of hydrogen-bond donors (Lipinski definition) is 3. The number of aliphatic imine (C=N–C) groups is 3. The number of hydrogen-bond acceptors (Lipinski definition) is 7. The van der Waals surface area contributed by atoms with E-state index in [1.165, 1.54) is 0 Å². The second-order valence-corrected chi connectivity index (χ2v) is 13.2. The van der Waals surface area contributed by atoms with Crippen LogP contribution < -0.4 is 0 Å². The van der Waals surface area contributed by atoms with Crippen LogP contribution >= 0.6 is 0 Å². The van der Waals surface area contributed by atoms with E-state index in [-0.39, 0.29) is 17.2 Å². The van der Waals surface area contributed by atoms with Crippen molar-refractivity contribution in [3.8, 4) is 17.2 Å². The van der Waals surface area contributed by atoms with Crippen LogP contribution in [0.15, 0.2) is 179 Å². The van der Waals surface area contributed by atoms with Crippen LogP contribution in [0.25, 0.3) is 0 Å². The van der Waals surface area contributed by atoms with Crippen LogP contribution in [-0.4, -0.2) is 76.6 Å². The monoisotopic (exact) mass is 728 g/mol. The van der Waals surface area contributed by atoms with Crippen LogP contribution in [0.3, 0.4) is 0 Å².